The summed E-state index contributed by atoms with van der Waals surface area (Å²) in [5.74, 6) is 0.0786. The van der Waals surface area contributed by atoms with Crippen molar-refractivity contribution in [3.05, 3.63) is 53.6 Å². The number of carbonyl (C=O) groups excluding carboxylic acids is 2. The Morgan fingerprint density at radius 1 is 1.19 bits per heavy atom. The molecule has 0 saturated carbocycles. The predicted octanol–water partition coefficient (Wildman–Crippen LogP) is 4.14. The molecule has 2 aromatic rings. The Morgan fingerprint density at radius 3 is 2.47 bits per heavy atom. The summed E-state index contributed by atoms with van der Waals surface area (Å²) in [7, 11) is -1.67. The van der Waals surface area contributed by atoms with Crippen LogP contribution in [0.3, 0.4) is 0 Å². The Balaban J connectivity index is 1.53. The molecule has 5 rings (SSSR count). The van der Waals surface area contributed by atoms with Crippen molar-refractivity contribution in [3.8, 4) is 5.75 Å². The van der Waals surface area contributed by atoms with E-state index < -0.39 is 31.6 Å². The topological polar surface area (TPSA) is 79.3 Å². The van der Waals surface area contributed by atoms with Crippen LogP contribution in [0.5, 0.6) is 5.75 Å². The van der Waals surface area contributed by atoms with Crippen molar-refractivity contribution >= 4 is 31.6 Å². The first kappa shape index (κ1) is 24.9. The molecule has 2 amide bonds. The highest BCUT2D eigenvalue weighted by atomic mass is 28.4. The molecule has 7 nitrogen and oxygen atoms in total. The Bertz CT molecular complexity index is 1180. The van der Waals surface area contributed by atoms with Crippen molar-refractivity contribution in [1.82, 2.24) is 0 Å². The SMILES string of the molecule is COc1ccc2c(c1)[C@@]1(O[C@H](CCO)[C@@H]([Si](C)(C)F)[C@@H]1C)C(=O)N2Cc1ccc(N2CCC2=O)cc1. The van der Waals surface area contributed by atoms with E-state index in [2.05, 4.69) is 0 Å². The lowest BCUT2D eigenvalue weighted by Gasteiger charge is -2.31. The number of halogens is 1. The number of rotatable bonds is 7. The first-order chi connectivity index (χ1) is 17.1. The molecule has 2 fully saturated rings. The monoisotopic (exact) mass is 512 g/mol. The summed E-state index contributed by atoms with van der Waals surface area (Å²) < 4.78 is 27.6. The second-order valence-electron chi connectivity index (χ2n) is 10.5. The second-order valence-corrected chi connectivity index (χ2v) is 14.3. The van der Waals surface area contributed by atoms with Gasteiger partial charge >= 0.3 is 0 Å². The number of fused-ring (bicyclic) bond motifs is 2. The number of methoxy groups -OCH3 is 1. The van der Waals surface area contributed by atoms with Gasteiger partial charge in [-0.2, -0.15) is 0 Å². The van der Waals surface area contributed by atoms with Crippen molar-refractivity contribution in [2.24, 2.45) is 5.92 Å². The summed E-state index contributed by atoms with van der Waals surface area (Å²) >= 11 is 0. The molecule has 4 atom stereocenters. The number of β-lactam (4-membered cyclic amide) rings is 1. The largest absolute Gasteiger partial charge is 0.497 e. The van der Waals surface area contributed by atoms with Gasteiger partial charge in [-0.25, -0.2) is 0 Å². The van der Waals surface area contributed by atoms with Crippen LogP contribution in [-0.4, -0.2) is 51.7 Å². The van der Waals surface area contributed by atoms with Crippen LogP contribution in [0.1, 0.15) is 30.9 Å². The van der Waals surface area contributed by atoms with E-state index in [4.69, 9.17) is 9.47 Å². The van der Waals surface area contributed by atoms with Gasteiger partial charge in [-0.3, -0.25) is 9.59 Å². The Hall–Kier alpha value is -2.75. The summed E-state index contributed by atoms with van der Waals surface area (Å²) in [6.45, 7) is 6.10. The molecule has 0 aliphatic carbocycles. The van der Waals surface area contributed by atoms with Crippen molar-refractivity contribution in [2.45, 2.75) is 56.7 Å². The lowest BCUT2D eigenvalue weighted by molar-refractivity contribution is -0.146. The number of anilines is 2. The van der Waals surface area contributed by atoms with Crippen LogP contribution in [-0.2, 0) is 26.5 Å². The molecule has 0 bridgehead atoms. The predicted molar refractivity (Wildman–Crippen MR) is 137 cm³/mol. The fraction of sp³-hybridized carbons (Fsp3) is 0.481. The third kappa shape index (κ3) is 3.76. The van der Waals surface area contributed by atoms with Gasteiger partial charge < -0.3 is 28.5 Å². The summed E-state index contributed by atoms with van der Waals surface area (Å²) in [4.78, 5) is 29.5. The number of amides is 2. The molecular weight excluding hydrogens is 479 g/mol. The maximum Gasteiger partial charge on any atom is 0.264 e. The third-order valence-corrected chi connectivity index (χ3v) is 10.5. The molecule has 3 heterocycles. The number of ether oxygens (including phenoxy) is 2. The minimum absolute atomic E-state index is 0.112. The maximum absolute atomic E-state index is 15.6. The molecule has 3 aliphatic rings. The molecule has 0 radical (unpaired) electrons. The van der Waals surface area contributed by atoms with Crippen LogP contribution in [0.25, 0.3) is 0 Å². The van der Waals surface area contributed by atoms with Gasteiger partial charge in [0, 0.05) is 42.3 Å². The van der Waals surface area contributed by atoms with Gasteiger partial charge in [0.2, 0.25) is 14.3 Å². The molecule has 192 valence electrons. The number of benzene rings is 2. The number of nitrogens with zero attached hydrogens (tertiary/aromatic N) is 2. The van der Waals surface area contributed by atoms with Crippen LogP contribution >= 0.6 is 0 Å². The van der Waals surface area contributed by atoms with E-state index in [9.17, 15) is 14.7 Å². The molecular formula is C27H33FN2O5Si. The average Bonchev–Trinajstić information content (AvgIpc) is 3.26. The highest BCUT2D eigenvalue weighted by Gasteiger charge is 2.66. The first-order valence-corrected chi connectivity index (χ1v) is 15.4. The van der Waals surface area contributed by atoms with Gasteiger partial charge in [-0.1, -0.05) is 19.1 Å². The fourth-order valence-corrected chi connectivity index (χ4v) is 8.80. The molecule has 0 unspecified atom stereocenters. The van der Waals surface area contributed by atoms with E-state index in [0.717, 1.165) is 23.5 Å². The Kier molecular flexibility index (Phi) is 6.21. The summed E-state index contributed by atoms with van der Waals surface area (Å²) in [5, 5.41) is 9.69. The molecule has 3 aliphatic heterocycles. The van der Waals surface area contributed by atoms with E-state index in [0.29, 0.717) is 24.3 Å². The normalized spacial score (nSPS) is 27.6. The van der Waals surface area contributed by atoms with Gasteiger partial charge in [0.1, 0.15) is 5.75 Å². The van der Waals surface area contributed by atoms with Crippen molar-refractivity contribution in [1.29, 1.82) is 0 Å². The zero-order valence-electron chi connectivity index (χ0n) is 21.2. The van der Waals surface area contributed by atoms with Gasteiger partial charge in [0.05, 0.1) is 25.4 Å². The molecule has 0 aromatic heterocycles. The maximum atomic E-state index is 15.6. The van der Waals surface area contributed by atoms with E-state index in [1.807, 2.05) is 49.4 Å². The molecule has 2 saturated heterocycles. The smallest absolute Gasteiger partial charge is 0.264 e. The van der Waals surface area contributed by atoms with Gasteiger partial charge in [0.25, 0.3) is 5.91 Å². The minimum Gasteiger partial charge on any atom is -0.497 e. The molecule has 1 N–H and O–H groups in total. The lowest BCUT2D eigenvalue weighted by atomic mass is 9.82. The van der Waals surface area contributed by atoms with Crippen molar-refractivity contribution in [3.63, 3.8) is 0 Å². The number of aliphatic hydroxyl groups is 1. The molecule has 36 heavy (non-hydrogen) atoms. The molecule has 1 spiro atoms. The van der Waals surface area contributed by atoms with E-state index in [1.54, 1.807) is 30.0 Å². The quantitative estimate of drug-likeness (QED) is 0.343. The average molecular weight is 513 g/mol. The standard InChI is InChI=1S/C27H33FN2O5Si/c1-17-25(36(3,4)28)23(12-14-31)35-27(17)21-15-20(34-2)9-10-22(21)30(26(27)33)16-18-5-7-19(8-6-18)29-13-11-24(29)32/h5-10,15,17,23,25,31H,11-14,16H2,1-4H3/t17-,23+,25-,27+/m0/s1. The third-order valence-electron chi connectivity index (χ3n) is 8.02. The second kappa shape index (κ2) is 8.97. The Labute approximate surface area is 212 Å². The summed E-state index contributed by atoms with van der Waals surface area (Å²) in [5.41, 5.74) is 1.38. The minimum atomic E-state index is -3.24. The van der Waals surface area contributed by atoms with Gasteiger partial charge in [-0.05, 0) is 55.4 Å². The van der Waals surface area contributed by atoms with Crippen LogP contribution in [0.2, 0.25) is 18.6 Å². The fourth-order valence-electron chi connectivity index (χ4n) is 6.26. The van der Waals surface area contributed by atoms with Crippen LogP contribution in [0.15, 0.2) is 42.5 Å². The number of hydrogen-bond acceptors (Lipinski definition) is 5. The van der Waals surface area contributed by atoms with Crippen molar-refractivity contribution in [2.75, 3.05) is 30.1 Å². The van der Waals surface area contributed by atoms with Crippen LogP contribution in [0, 0.1) is 5.92 Å². The number of carbonyl (C=O) groups is 2. The number of aliphatic hydroxyl groups excluding tert-OH is 1. The molecule has 9 heteroatoms. The lowest BCUT2D eigenvalue weighted by Crippen LogP contribution is -2.45. The van der Waals surface area contributed by atoms with E-state index in [1.165, 1.54) is 0 Å². The van der Waals surface area contributed by atoms with Gasteiger partial charge in [0.15, 0.2) is 5.60 Å². The first-order valence-electron chi connectivity index (χ1n) is 12.5. The van der Waals surface area contributed by atoms with Crippen molar-refractivity contribution < 1.29 is 28.3 Å². The summed E-state index contributed by atoms with van der Waals surface area (Å²) in [6, 6.07) is 13.1. The van der Waals surface area contributed by atoms with Crippen LogP contribution < -0.4 is 14.5 Å². The highest BCUT2D eigenvalue weighted by Crippen LogP contribution is 2.60. The van der Waals surface area contributed by atoms with E-state index >= 15 is 4.11 Å². The summed E-state index contributed by atoms with van der Waals surface area (Å²) in [6.07, 6.45) is 0.301. The van der Waals surface area contributed by atoms with E-state index in [-0.39, 0.29) is 24.8 Å². The molecule has 2 aromatic carbocycles. The zero-order chi connectivity index (χ0) is 25.8. The number of hydrogen-bond donors (Lipinski definition) is 1. The van der Waals surface area contributed by atoms with Gasteiger partial charge in [-0.15, -0.1) is 0 Å². The Morgan fingerprint density at radius 2 is 1.92 bits per heavy atom. The van der Waals surface area contributed by atoms with Crippen LogP contribution in [0.4, 0.5) is 15.5 Å². The zero-order valence-corrected chi connectivity index (χ0v) is 22.2. The highest BCUT2D eigenvalue weighted by molar-refractivity contribution is 6.72.